The Morgan fingerprint density at radius 1 is 1.30 bits per heavy atom. The van der Waals surface area contributed by atoms with Crippen LogP contribution in [-0.2, 0) is 6.42 Å². The first-order valence-electron chi connectivity index (χ1n) is 8.32. The van der Waals surface area contributed by atoms with Gasteiger partial charge in [-0.1, -0.05) is 24.6 Å². The molecule has 2 heterocycles. The molecule has 0 saturated carbocycles. The number of methoxy groups -OCH3 is 1. The van der Waals surface area contributed by atoms with Gasteiger partial charge < -0.3 is 9.15 Å². The second-order valence-electron chi connectivity index (χ2n) is 5.66. The molecule has 0 atom stereocenters. The second-order valence-corrected chi connectivity index (χ2v) is 6.06. The van der Waals surface area contributed by atoms with E-state index < -0.39 is 0 Å². The number of nitrogens with zero attached hydrogens (tertiary/aromatic N) is 2. The topological polar surface area (TPSA) is 76.7 Å². The second kappa shape index (κ2) is 8.51. The van der Waals surface area contributed by atoms with E-state index in [4.69, 9.17) is 20.8 Å². The summed E-state index contributed by atoms with van der Waals surface area (Å²) in [6.45, 7) is 2.03. The van der Waals surface area contributed by atoms with E-state index in [0.717, 1.165) is 17.5 Å². The summed E-state index contributed by atoms with van der Waals surface area (Å²) in [6, 6.07) is 12.5. The number of aromatic nitrogens is 1. The van der Waals surface area contributed by atoms with Crippen molar-refractivity contribution in [2.45, 2.75) is 13.3 Å². The number of nitrogens with one attached hydrogen (secondary N) is 1. The minimum absolute atomic E-state index is 0.303. The molecule has 0 saturated heterocycles. The van der Waals surface area contributed by atoms with Gasteiger partial charge in [0, 0.05) is 11.8 Å². The maximum atomic E-state index is 12.0. The summed E-state index contributed by atoms with van der Waals surface area (Å²) in [5.41, 5.74) is 4.61. The van der Waals surface area contributed by atoms with E-state index in [9.17, 15) is 4.79 Å². The summed E-state index contributed by atoms with van der Waals surface area (Å²) in [5.74, 6) is 1.33. The maximum Gasteiger partial charge on any atom is 0.289 e. The van der Waals surface area contributed by atoms with Crippen LogP contribution >= 0.6 is 11.6 Å². The predicted molar refractivity (Wildman–Crippen MR) is 104 cm³/mol. The van der Waals surface area contributed by atoms with Gasteiger partial charge in [-0.3, -0.25) is 9.78 Å². The van der Waals surface area contributed by atoms with Crippen LogP contribution in [-0.4, -0.2) is 24.2 Å². The highest BCUT2D eigenvalue weighted by molar-refractivity contribution is 6.32. The van der Waals surface area contributed by atoms with Gasteiger partial charge in [0.2, 0.25) is 0 Å². The number of hydrogen-bond acceptors (Lipinski definition) is 5. The van der Waals surface area contributed by atoms with Gasteiger partial charge in [0.05, 0.1) is 18.3 Å². The molecule has 0 bridgehead atoms. The molecule has 27 heavy (non-hydrogen) atoms. The number of pyridine rings is 1. The van der Waals surface area contributed by atoms with Crippen LogP contribution in [0.4, 0.5) is 0 Å². The zero-order valence-electron chi connectivity index (χ0n) is 14.9. The van der Waals surface area contributed by atoms with E-state index in [2.05, 4.69) is 15.5 Å². The van der Waals surface area contributed by atoms with Crippen molar-refractivity contribution in [3.05, 3.63) is 70.7 Å². The summed E-state index contributed by atoms with van der Waals surface area (Å²) < 4.78 is 10.8. The Hall–Kier alpha value is -3.12. The third kappa shape index (κ3) is 4.54. The van der Waals surface area contributed by atoms with E-state index in [0.29, 0.717) is 28.0 Å². The van der Waals surface area contributed by atoms with Crippen molar-refractivity contribution in [1.29, 1.82) is 0 Å². The average molecular weight is 384 g/mol. The lowest BCUT2D eigenvalue weighted by molar-refractivity contribution is 0.0950. The van der Waals surface area contributed by atoms with Crippen LogP contribution in [0.1, 0.15) is 28.7 Å². The van der Waals surface area contributed by atoms with Crippen molar-refractivity contribution >= 4 is 23.7 Å². The fourth-order valence-electron chi connectivity index (χ4n) is 2.38. The van der Waals surface area contributed by atoms with Crippen molar-refractivity contribution in [1.82, 2.24) is 10.4 Å². The fraction of sp³-hybridized carbons (Fsp3) is 0.150. The Morgan fingerprint density at radius 2 is 2.15 bits per heavy atom. The van der Waals surface area contributed by atoms with Crippen LogP contribution in [0.15, 0.2) is 58.2 Å². The highest BCUT2D eigenvalue weighted by Gasteiger charge is 2.08. The molecule has 0 spiro atoms. The van der Waals surface area contributed by atoms with Gasteiger partial charge in [-0.15, -0.1) is 0 Å². The number of carbonyl (C=O) groups excluding carboxylic acids is 1. The molecule has 2 aromatic heterocycles. The Balaban J connectivity index is 1.64. The van der Waals surface area contributed by atoms with E-state index in [1.807, 2.05) is 19.1 Å². The molecule has 0 radical (unpaired) electrons. The molecular weight excluding hydrogens is 366 g/mol. The molecule has 0 aliphatic carbocycles. The SMILES string of the molecule is CCc1ccc(C(=O)NN=Cc2ccc(-c3ccc(OC)c(Cl)c3)o2)nc1. The number of carbonyl (C=O) groups is 1. The summed E-state index contributed by atoms with van der Waals surface area (Å²) >= 11 is 6.14. The van der Waals surface area contributed by atoms with E-state index in [1.54, 1.807) is 43.6 Å². The first-order chi connectivity index (χ1) is 13.1. The summed E-state index contributed by atoms with van der Waals surface area (Å²) in [4.78, 5) is 16.1. The smallest absolute Gasteiger partial charge is 0.289 e. The van der Waals surface area contributed by atoms with Gasteiger partial charge in [0.25, 0.3) is 5.91 Å². The maximum absolute atomic E-state index is 12.0. The summed E-state index contributed by atoms with van der Waals surface area (Å²) in [5, 5.41) is 4.40. The van der Waals surface area contributed by atoms with Crippen molar-refractivity contribution in [2.75, 3.05) is 7.11 Å². The lowest BCUT2D eigenvalue weighted by atomic mass is 10.2. The lowest BCUT2D eigenvalue weighted by Crippen LogP contribution is -2.18. The van der Waals surface area contributed by atoms with Crippen LogP contribution in [0, 0.1) is 0 Å². The van der Waals surface area contributed by atoms with Gasteiger partial charge in [0.1, 0.15) is 23.0 Å². The summed E-state index contributed by atoms with van der Waals surface area (Å²) in [7, 11) is 1.56. The molecular formula is C20H18ClN3O3. The zero-order chi connectivity index (χ0) is 19.2. The average Bonchev–Trinajstić information content (AvgIpc) is 3.17. The number of amides is 1. The zero-order valence-corrected chi connectivity index (χ0v) is 15.7. The van der Waals surface area contributed by atoms with Crippen molar-refractivity contribution < 1.29 is 13.9 Å². The highest BCUT2D eigenvalue weighted by atomic mass is 35.5. The predicted octanol–water partition coefficient (Wildman–Crippen LogP) is 4.33. The molecule has 1 aromatic carbocycles. The number of aryl methyl sites for hydroxylation is 1. The van der Waals surface area contributed by atoms with Crippen molar-refractivity contribution in [3.8, 4) is 17.1 Å². The Kier molecular flexibility index (Phi) is 5.88. The van der Waals surface area contributed by atoms with Crippen LogP contribution < -0.4 is 10.2 Å². The molecule has 3 rings (SSSR count). The molecule has 7 heteroatoms. The molecule has 0 unspecified atom stereocenters. The minimum Gasteiger partial charge on any atom is -0.495 e. The highest BCUT2D eigenvalue weighted by Crippen LogP contribution is 2.30. The van der Waals surface area contributed by atoms with E-state index in [1.165, 1.54) is 6.21 Å². The van der Waals surface area contributed by atoms with Crippen LogP contribution in [0.25, 0.3) is 11.3 Å². The normalized spacial score (nSPS) is 10.9. The number of rotatable bonds is 6. The van der Waals surface area contributed by atoms with Gasteiger partial charge >= 0.3 is 0 Å². The number of benzene rings is 1. The van der Waals surface area contributed by atoms with Gasteiger partial charge in [-0.2, -0.15) is 5.10 Å². The first-order valence-corrected chi connectivity index (χ1v) is 8.70. The Morgan fingerprint density at radius 3 is 2.81 bits per heavy atom. The number of hydrogen-bond donors (Lipinski definition) is 1. The fourth-order valence-corrected chi connectivity index (χ4v) is 2.63. The van der Waals surface area contributed by atoms with Crippen LogP contribution in [0.3, 0.4) is 0 Å². The van der Waals surface area contributed by atoms with Crippen molar-refractivity contribution in [3.63, 3.8) is 0 Å². The number of halogens is 1. The minimum atomic E-state index is -0.386. The monoisotopic (exact) mass is 383 g/mol. The Labute approximate surface area is 161 Å². The van der Waals surface area contributed by atoms with E-state index in [-0.39, 0.29) is 5.91 Å². The van der Waals surface area contributed by atoms with Crippen LogP contribution in [0.2, 0.25) is 5.02 Å². The summed E-state index contributed by atoms with van der Waals surface area (Å²) in [6.07, 6.45) is 3.97. The molecule has 138 valence electrons. The third-order valence-corrected chi connectivity index (χ3v) is 4.18. The van der Waals surface area contributed by atoms with Gasteiger partial charge in [-0.05, 0) is 48.4 Å². The first kappa shape index (κ1) is 18.7. The van der Waals surface area contributed by atoms with Crippen LogP contribution in [0.5, 0.6) is 5.75 Å². The number of ether oxygens (including phenoxy) is 1. The van der Waals surface area contributed by atoms with Crippen molar-refractivity contribution in [2.24, 2.45) is 5.10 Å². The lowest BCUT2D eigenvalue weighted by Gasteiger charge is -2.04. The standard InChI is InChI=1S/C20H18ClN3O3/c1-3-13-4-7-17(22-11-13)20(25)24-23-12-15-6-9-18(27-15)14-5-8-19(26-2)16(21)10-14/h4-12H,3H2,1-2H3,(H,24,25). The molecule has 1 N–H and O–H groups in total. The van der Waals surface area contributed by atoms with Gasteiger partial charge in [-0.25, -0.2) is 5.43 Å². The quantitative estimate of drug-likeness (QED) is 0.507. The third-order valence-electron chi connectivity index (χ3n) is 3.89. The Bertz CT molecular complexity index is 965. The molecule has 3 aromatic rings. The molecule has 1 amide bonds. The number of hydrazone groups is 1. The molecule has 0 aliphatic heterocycles. The molecule has 0 aliphatic rings. The van der Waals surface area contributed by atoms with Gasteiger partial charge in [0.15, 0.2) is 0 Å². The molecule has 6 nitrogen and oxygen atoms in total. The number of furan rings is 1. The van der Waals surface area contributed by atoms with E-state index >= 15 is 0 Å². The largest absolute Gasteiger partial charge is 0.495 e. The molecule has 0 fully saturated rings.